The Kier molecular flexibility index (Phi) is 8.36. The second kappa shape index (κ2) is 10.7. The van der Waals surface area contributed by atoms with Gasteiger partial charge in [0.15, 0.2) is 5.96 Å². The molecule has 0 unspecified atom stereocenters. The lowest BCUT2D eigenvalue weighted by Gasteiger charge is -2.47. The fourth-order valence-electron chi connectivity index (χ4n) is 4.45. The smallest absolute Gasteiger partial charge is 0.188 e. The minimum Gasteiger partial charge on any atom is -0.379 e. The number of nitrogens with zero attached hydrogens (tertiary/aromatic N) is 3. The quantitative estimate of drug-likeness (QED) is 0.393. The lowest BCUT2D eigenvalue weighted by Crippen LogP contribution is -2.55. The van der Waals surface area contributed by atoms with Crippen molar-refractivity contribution in [2.75, 3.05) is 70.5 Å². The van der Waals surface area contributed by atoms with Crippen molar-refractivity contribution in [3.8, 4) is 0 Å². The maximum atomic E-state index is 6.18. The molecule has 1 saturated carbocycles. The average molecular weight is 384 g/mol. The molecular formula is C19H37N5OS. The molecule has 26 heavy (non-hydrogen) atoms. The molecule has 0 bridgehead atoms. The second-order valence-corrected chi connectivity index (χ2v) is 9.04. The zero-order valence-corrected chi connectivity index (χ0v) is 17.1. The first-order valence-electron chi connectivity index (χ1n) is 10.5. The largest absolute Gasteiger partial charge is 0.379 e. The molecule has 0 aromatic heterocycles. The summed E-state index contributed by atoms with van der Waals surface area (Å²) >= 11 is 2.08. The molecule has 2 aliphatic heterocycles. The van der Waals surface area contributed by atoms with Gasteiger partial charge >= 0.3 is 0 Å². The molecule has 3 N–H and O–H groups in total. The molecule has 2 heterocycles. The van der Waals surface area contributed by atoms with Crippen molar-refractivity contribution >= 4 is 17.7 Å². The Labute approximate surface area is 163 Å². The Balaban J connectivity index is 1.42. The Morgan fingerprint density at radius 1 is 1.08 bits per heavy atom. The average Bonchev–Trinajstić information content (AvgIpc) is 2.72. The minimum atomic E-state index is 0.263. The maximum absolute atomic E-state index is 6.18. The van der Waals surface area contributed by atoms with E-state index in [1.54, 1.807) is 0 Å². The number of rotatable bonds is 7. The molecule has 6 nitrogen and oxygen atoms in total. The van der Waals surface area contributed by atoms with Crippen LogP contribution in [0.5, 0.6) is 0 Å². The van der Waals surface area contributed by atoms with Gasteiger partial charge in [-0.05, 0) is 25.8 Å². The first-order chi connectivity index (χ1) is 12.8. The molecule has 150 valence electrons. The van der Waals surface area contributed by atoms with Crippen LogP contribution in [-0.2, 0) is 4.74 Å². The zero-order chi connectivity index (χ0) is 18.1. The van der Waals surface area contributed by atoms with Crippen LogP contribution >= 0.6 is 11.8 Å². The Morgan fingerprint density at radius 3 is 2.54 bits per heavy atom. The van der Waals surface area contributed by atoms with Gasteiger partial charge in [-0.2, -0.15) is 11.8 Å². The summed E-state index contributed by atoms with van der Waals surface area (Å²) in [7, 11) is 0. The summed E-state index contributed by atoms with van der Waals surface area (Å²) in [5, 5.41) is 3.33. The van der Waals surface area contributed by atoms with E-state index in [1.165, 1.54) is 56.7 Å². The monoisotopic (exact) mass is 383 g/mol. The molecule has 2 saturated heterocycles. The molecule has 0 amide bonds. The second-order valence-electron chi connectivity index (χ2n) is 7.82. The fourth-order valence-corrected chi connectivity index (χ4v) is 5.36. The third kappa shape index (κ3) is 6.01. The Morgan fingerprint density at radius 2 is 1.81 bits per heavy atom. The summed E-state index contributed by atoms with van der Waals surface area (Å²) in [5.41, 5.74) is 6.44. The van der Waals surface area contributed by atoms with Gasteiger partial charge in [-0.1, -0.05) is 19.3 Å². The van der Waals surface area contributed by atoms with E-state index in [-0.39, 0.29) is 5.54 Å². The minimum absolute atomic E-state index is 0.263. The highest BCUT2D eigenvalue weighted by molar-refractivity contribution is 7.99. The SMILES string of the molecule is NC(=NCC1(N2CCSCC2)CCCCC1)NCCCN1CCOCC1. The van der Waals surface area contributed by atoms with Crippen LogP contribution in [-0.4, -0.2) is 91.8 Å². The van der Waals surface area contributed by atoms with Crippen molar-refractivity contribution in [3.63, 3.8) is 0 Å². The van der Waals surface area contributed by atoms with Crippen LogP contribution in [0.15, 0.2) is 4.99 Å². The van der Waals surface area contributed by atoms with Crippen LogP contribution in [0.4, 0.5) is 0 Å². The van der Waals surface area contributed by atoms with Gasteiger partial charge in [0, 0.05) is 49.8 Å². The lowest BCUT2D eigenvalue weighted by atomic mass is 9.80. The standard InChI is InChI=1S/C19H37N5OS/c20-18(21-7-4-8-23-9-13-25-14-10-23)22-17-19(5-2-1-3-6-19)24-11-15-26-16-12-24/h1-17H2,(H3,20,21,22). The molecule has 3 fully saturated rings. The van der Waals surface area contributed by atoms with E-state index in [2.05, 4.69) is 26.9 Å². The highest BCUT2D eigenvalue weighted by Gasteiger charge is 2.38. The van der Waals surface area contributed by atoms with Crippen molar-refractivity contribution in [1.82, 2.24) is 15.1 Å². The van der Waals surface area contributed by atoms with Crippen molar-refractivity contribution in [2.45, 2.75) is 44.1 Å². The lowest BCUT2D eigenvalue weighted by molar-refractivity contribution is 0.0376. The Hall–Kier alpha value is -0.500. The highest BCUT2D eigenvalue weighted by Crippen LogP contribution is 2.35. The van der Waals surface area contributed by atoms with Crippen LogP contribution in [0.25, 0.3) is 0 Å². The molecule has 0 aromatic carbocycles. The van der Waals surface area contributed by atoms with Crippen LogP contribution in [0.1, 0.15) is 38.5 Å². The van der Waals surface area contributed by atoms with Crippen molar-refractivity contribution in [1.29, 1.82) is 0 Å². The van der Waals surface area contributed by atoms with Crippen LogP contribution in [0.2, 0.25) is 0 Å². The van der Waals surface area contributed by atoms with E-state index in [0.29, 0.717) is 5.96 Å². The van der Waals surface area contributed by atoms with E-state index in [0.717, 1.165) is 52.4 Å². The summed E-state index contributed by atoms with van der Waals surface area (Å²) in [6, 6.07) is 0. The van der Waals surface area contributed by atoms with Crippen molar-refractivity contribution < 1.29 is 4.74 Å². The van der Waals surface area contributed by atoms with Gasteiger partial charge < -0.3 is 15.8 Å². The van der Waals surface area contributed by atoms with Gasteiger partial charge in [0.05, 0.1) is 19.8 Å². The number of thioether (sulfide) groups is 1. The summed E-state index contributed by atoms with van der Waals surface area (Å²) in [6.45, 7) is 9.15. The van der Waals surface area contributed by atoms with Crippen LogP contribution in [0.3, 0.4) is 0 Å². The highest BCUT2D eigenvalue weighted by atomic mass is 32.2. The summed E-state index contributed by atoms with van der Waals surface area (Å²) in [6.07, 6.45) is 7.73. The molecule has 3 aliphatic rings. The molecule has 0 radical (unpaired) electrons. The van der Waals surface area contributed by atoms with E-state index >= 15 is 0 Å². The number of aliphatic imine (C=N–C) groups is 1. The number of hydrogen-bond acceptors (Lipinski definition) is 5. The summed E-state index contributed by atoms with van der Waals surface area (Å²) < 4.78 is 5.39. The maximum Gasteiger partial charge on any atom is 0.188 e. The summed E-state index contributed by atoms with van der Waals surface area (Å²) in [5.74, 6) is 3.16. The molecular weight excluding hydrogens is 346 g/mol. The first kappa shape index (κ1) is 20.2. The third-order valence-electron chi connectivity index (χ3n) is 6.07. The Bertz CT molecular complexity index is 430. The topological polar surface area (TPSA) is 66.1 Å². The van der Waals surface area contributed by atoms with Gasteiger partial charge in [-0.25, -0.2) is 0 Å². The fraction of sp³-hybridized carbons (Fsp3) is 0.947. The normalized spacial score (nSPS) is 25.9. The first-order valence-corrected chi connectivity index (χ1v) is 11.6. The number of morpholine rings is 1. The van der Waals surface area contributed by atoms with E-state index in [4.69, 9.17) is 15.5 Å². The molecule has 0 spiro atoms. The number of nitrogens with one attached hydrogen (secondary N) is 1. The van der Waals surface area contributed by atoms with Gasteiger partial charge in [0.25, 0.3) is 0 Å². The van der Waals surface area contributed by atoms with E-state index in [9.17, 15) is 0 Å². The van der Waals surface area contributed by atoms with E-state index in [1.807, 2.05) is 0 Å². The van der Waals surface area contributed by atoms with Crippen molar-refractivity contribution in [3.05, 3.63) is 0 Å². The molecule has 1 aliphatic carbocycles. The summed E-state index contributed by atoms with van der Waals surface area (Å²) in [4.78, 5) is 9.96. The number of hydrogen-bond donors (Lipinski definition) is 2. The van der Waals surface area contributed by atoms with Gasteiger partial charge in [0.1, 0.15) is 0 Å². The van der Waals surface area contributed by atoms with E-state index < -0.39 is 0 Å². The third-order valence-corrected chi connectivity index (χ3v) is 7.01. The predicted molar refractivity (Wildman–Crippen MR) is 111 cm³/mol. The van der Waals surface area contributed by atoms with Gasteiger partial charge in [0.2, 0.25) is 0 Å². The number of guanidine groups is 1. The van der Waals surface area contributed by atoms with Crippen LogP contribution < -0.4 is 11.1 Å². The molecule has 7 heteroatoms. The molecule has 0 aromatic rings. The zero-order valence-electron chi connectivity index (χ0n) is 16.3. The number of nitrogens with two attached hydrogens (primary N) is 1. The van der Waals surface area contributed by atoms with Crippen molar-refractivity contribution in [2.24, 2.45) is 10.7 Å². The molecule has 0 atom stereocenters. The predicted octanol–water partition coefficient (Wildman–Crippen LogP) is 1.36. The van der Waals surface area contributed by atoms with Gasteiger partial charge in [-0.3, -0.25) is 14.8 Å². The van der Waals surface area contributed by atoms with Gasteiger partial charge in [-0.15, -0.1) is 0 Å². The van der Waals surface area contributed by atoms with Crippen LogP contribution in [0, 0.1) is 0 Å². The molecule has 3 rings (SSSR count). The number of ether oxygens (including phenoxy) is 1.